The minimum Gasteiger partial charge on any atom is -0.370 e. The number of nitrogen functional groups attached to an aromatic ring is 1. The molecule has 1 aliphatic rings. The fourth-order valence-corrected chi connectivity index (χ4v) is 2.94. The fraction of sp³-hybridized carbons (Fsp3) is 0.750. The first-order valence-corrected chi connectivity index (χ1v) is 8.02. The molecule has 0 aliphatic heterocycles. The molecule has 1 saturated carbocycles. The predicted octanol–water partition coefficient (Wildman–Crippen LogP) is 3.29. The van der Waals surface area contributed by atoms with Gasteiger partial charge >= 0.3 is 0 Å². The van der Waals surface area contributed by atoms with Crippen molar-refractivity contribution in [2.45, 2.75) is 58.9 Å². The van der Waals surface area contributed by atoms with Crippen LogP contribution in [0, 0.1) is 5.41 Å². The van der Waals surface area contributed by atoms with E-state index in [9.17, 15) is 0 Å². The minimum absolute atomic E-state index is 0.342. The van der Waals surface area contributed by atoms with E-state index in [1.54, 1.807) is 0 Å². The lowest BCUT2D eigenvalue weighted by molar-refractivity contribution is 0.222. The third-order valence-electron chi connectivity index (χ3n) is 4.50. The van der Waals surface area contributed by atoms with Gasteiger partial charge in [-0.2, -0.15) is 9.97 Å². The highest BCUT2D eigenvalue weighted by Gasteiger charge is 2.29. The second kappa shape index (κ2) is 6.50. The van der Waals surface area contributed by atoms with E-state index in [2.05, 4.69) is 48.0 Å². The molecule has 21 heavy (non-hydrogen) atoms. The average molecular weight is 291 g/mol. The summed E-state index contributed by atoms with van der Waals surface area (Å²) in [5, 5.41) is 3.29. The molecule has 0 saturated heterocycles. The second-order valence-electron chi connectivity index (χ2n) is 6.90. The Morgan fingerprint density at radius 1 is 1.33 bits per heavy atom. The van der Waals surface area contributed by atoms with Crippen LogP contribution >= 0.6 is 0 Å². The van der Waals surface area contributed by atoms with Gasteiger partial charge in [-0.3, -0.25) is 0 Å². The maximum absolute atomic E-state index is 5.85. The number of aromatic nitrogens is 2. The lowest BCUT2D eigenvalue weighted by Gasteiger charge is -2.39. The first-order chi connectivity index (χ1) is 9.91. The van der Waals surface area contributed by atoms with Gasteiger partial charge in [-0.15, -0.1) is 0 Å². The molecule has 0 bridgehead atoms. The summed E-state index contributed by atoms with van der Waals surface area (Å²) in [6, 6.07) is 2.55. The highest BCUT2D eigenvalue weighted by Crippen LogP contribution is 2.37. The van der Waals surface area contributed by atoms with Gasteiger partial charge in [-0.05, 0) is 37.5 Å². The van der Waals surface area contributed by atoms with E-state index >= 15 is 0 Å². The van der Waals surface area contributed by atoms with E-state index < -0.39 is 0 Å². The topological polar surface area (TPSA) is 67.1 Å². The summed E-state index contributed by atoms with van der Waals surface area (Å²) in [6.45, 7) is 7.75. The molecule has 3 N–H and O–H groups in total. The Morgan fingerprint density at radius 3 is 2.62 bits per heavy atom. The van der Waals surface area contributed by atoms with E-state index in [-0.39, 0.29) is 0 Å². The van der Waals surface area contributed by atoms with E-state index in [1.807, 2.05) is 6.07 Å². The van der Waals surface area contributed by atoms with Gasteiger partial charge in [0.2, 0.25) is 5.95 Å². The zero-order valence-corrected chi connectivity index (χ0v) is 13.8. The minimum atomic E-state index is 0.342. The molecule has 5 heteroatoms. The Bertz CT molecular complexity index is 462. The summed E-state index contributed by atoms with van der Waals surface area (Å²) in [6.07, 6.45) is 6.02. The molecule has 1 fully saturated rings. The molecular weight excluding hydrogens is 262 g/mol. The highest BCUT2D eigenvalue weighted by molar-refractivity contribution is 5.52. The number of nitrogens with two attached hydrogens (primary N) is 1. The molecule has 0 unspecified atom stereocenters. The molecule has 0 amide bonds. The van der Waals surface area contributed by atoms with Crippen LogP contribution in [0.15, 0.2) is 6.07 Å². The molecule has 1 aromatic rings. The van der Waals surface area contributed by atoms with Crippen molar-refractivity contribution in [1.29, 1.82) is 0 Å². The molecule has 5 nitrogen and oxygen atoms in total. The van der Waals surface area contributed by atoms with Gasteiger partial charge in [0.25, 0.3) is 0 Å². The van der Waals surface area contributed by atoms with Gasteiger partial charge < -0.3 is 16.0 Å². The predicted molar refractivity (Wildman–Crippen MR) is 89.7 cm³/mol. The van der Waals surface area contributed by atoms with Gasteiger partial charge in [0.05, 0.1) is 0 Å². The molecular formula is C16H29N5. The van der Waals surface area contributed by atoms with Crippen LogP contribution in [-0.2, 0) is 0 Å². The number of nitrogens with one attached hydrogen (secondary N) is 1. The summed E-state index contributed by atoms with van der Waals surface area (Å²) in [5.74, 6) is 2.09. The summed E-state index contributed by atoms with van der Waals surface area (Å²) in [4.78, 5) is 10.9. The van der Waals surface area contributed by atoms with Crippen molar-refractivity contribution in [1.82, 2.24) is 9.97 Å². The van der Waals surface area contributed by atoms with E-state index in [0.717, 1.165) is 24.6 Å². The largest absolute Gasteiger partial charge is 0.370 e. The third-order valence-corrected chi connectivity index (χ3v) is 4.50. The van der Waals surface area contributed by atoms with Gasteiger partial charge in [0.15, 0.2) is 0 Å². The number of anilines is 3. The molecule has 1 heterocycles. The van der Waals surface area contributed by atoms with Gasteiger partial charge in [0, 0.05) is 25.7 Å². The van der Waals surface area contributed by atoms with Crippen LogP contribution in [0.4, 0.5) is 17.6 Å². The van der Waals surface area contributed by atoms with Crippen molar-refractivity contribution in [2.75, 3.05) is 29.5 Å². The lowest BCUT2D eigenvalue weighted by Crippen LogP contribution is -2.37. The maximum atomic E-state index is 5.85. The van der Waals surface area contributed by atoms with Crippen LogP contribution in [0.3, 0.4) is 0 Å². The molecule has 118 valence electrons. The van der Waals surface area contributed by atoms with Gasteiger partial charge in [-0.1, -0.05) is 20.8 Å². The summed E-state index contributed by atoms with van der Waals surface area (Å²) >= 11 is 0. The van der Waals surface area contributed by atoms with Crippen molar-refractivity contribution >= 4 is 17.6 Å². The average Bonchev–Trinajstić information content (AvgIpc) is 2.44. The van der Waals surface area contributed by atoms with E-state index in [0.29, 0.717) is 17.4 Å². The number of nitrogens with zero attached hydrogens (tertiary/aromatic N) is 3. The monoisotopic (exact) mass is 291 g/mol. The summed E-state index contributed by atoms with van der Waals surface area (Å²) in [7, 11) is 2.12. The SMILES string of the molecule is CCCNc1cc(N(C)C2CCC(C)(C)CC2)nc(N)n1. The maximum Gasteiger partial charge on any atom is 0.223 e. The van der Waals surface area contributed by atoms with Crippen molar-refractivity contribution in [2.24, 2.45) is 5.41 Å². The van der Waals surface area contributed by atoms with Crippen LogP contribution in [0.2, 0.25) is 0 Å². The molecule has 1 aromatic heterocycles. The fourth-order valence-electron chi connectivity index (χ4n) is 2.94. The Morgan fingerprint density at radius 2 is 2.00 bits per heavy atom. The Hall–Kier alpha value is -1.52. The van der Waals surface area contributed by atoms with E-state index in [1.165, 1.54) is 25.7 Å². The Kier molecular flexibility index (Phi) is 4.91. The van der Waals surface area contributed by atoms with Crippen molar-refractivity contribution < 1.29 is 0 Å². The highest BCUT2D eigenvalue weighted by atomic mass is 15.2. The molecule has 0 spiro atoms. The van der Waals surface area contributed by atoms with E-state index in [4.69, 9.17) is 5.73 Å². The van der Waals surface area contributed by atoms with Crippen molar-refractivity contribution in [3.8, 4) is 0 Å². The first-order valence-electron chi connectivity index (χ1n) is 8.02. The third kappa shape index (κ3) is 4.22. The zero-order chi connectivity index (χ0) is 15.5. The van der Waals surface area contributed by atoms with Crippen molar-refractivity contribution in [3.05, 3.63) is 6.07 Å². The Labute approximate surface area is 128 Å². The number of hydrogen-bond acceptors (Lipinski definition) is 5. The van der Waals surface area contributed by atoms with Crippen LogP contribution < -0.4 is 16.0 Å². The second-order valence-corrected chi connectivity index (χ2v) is 6.90. The van der Waals surface area contributed by atoms with Crippen molar-refractivity contribution in [3.63, 3.8) is 0 Å². The first kappa shape index (κ1) is 15.9. The summed E-state index contributed by atoms with van der Waals surface area (Å²) < 4.78 is 0. The lowest BCUT2D eigenvalue weighted by atomic mass is 9.75. The van der Waals surface area contributed by atoms with Crippen LogP contribution in [0.1, 0.15) is 52.9 Å². The Balaban J connectivity index is 2.08. The summed E-state index contributed by atoms with van der Waals surface area (Å²) in [5.41, 5.74) is 6.33. The van der Waals surface area contributed by atoms with Crippen LogP contribution in [0.5, 0.6) is 0 Å². The van der Waals surface area contributed by atoms with Crippen LogP contribution in [-0.4, -0.2) is 29.6 Å². The normalized spacial score (nSPS) is 18.5. The van der Waals surface area contributed by atoms with Gasteiger partial charge in [-0.25, -0.2) is 0 Å². The standard InChI is InChI=1S/C16H29N5/c1-5-10-18-13-11-14(20-15(17)19-13)21(4)12-6-8-16(2,3)9-7-12/h11-12H,5-10H2,1-4H3,(H3,17,18,19,20). The number of rotatable bonds is 5. The smallest absolute Gasteiger partial charge is 0.223 e. The quantitative estimate of drug-likeness (QED) is 0.871. The molecule has 0 atom stereocenters. The molecule has 2 rings (SSSR count). The number of hydrogen-bond donors (Lipinski definition) is 2. The molecule has 0 radical (unpaired) electrons. The zero-order valence-electron chi connectivity index (χ0n) is 13.8. The molecule has 0 aromatic carbocycles. The van der Waals surface area contributed by atoms with Crippen LogP contribution in [0.25, 0.3) is 0 Å². The molecule has 1 aliphatic carbocycles. The van der Waals surface area contributed by atoms with Gasteiger partial charge in [0.1, 0.15) is 11.6 Å².